The van der Waals surface area contributed by atoms with Crippen LogP contribution in [0.2, 0.25) is 0 Å². The van der Waals surface area contributed by atoms with Crippen molar-refractivity contribution in [2.45, 2.75) is 78.6 Å². The van der Waals surface area contributed by atoms with E-state index in [9.17, 15) is 0 Å². The largest absolute Gasteiger partial charge is 0.244 e. The first-order valence-electron chi connectivity index (χ1n) is 12.4. The summed E-state index contributed by atoms with van der Waals surface area (Å²) in [7, 11) is 0. The van der Waals surface area contributed by atoms with E-state index < -0.39 is 0 Å². The summed E-state index contributed by atoms with van der Waals surface area (Å²) in [5.74, 6) is 0. The van der Waals surface area contributed by atoms with E-state index in [0.29, 0.717) is 0 Å². The van der Waals surface area contributed by atoms with Gasteiger partial charge in [-0.2, -0.15) is 0 Å². The molecule has 0 N–H and O–H groups in total. The predicted molar refractivity (Wildman–Crippen MR) is 136 cm³/mol. The Hall–Kier alpha value is -3.14. The Bertz CT molecular complexity index is 1140. The second-order valence-electron chi connectivity index (χ2n) is 12.1. The van der Waals surface area contributed by atoms with E-state index in [-0.39, 0.29) is 10.8 Å². The second kappa shape index (κ2) is 8.26. The van der Waals surface area contributed by atoms with E-state index in [1.807, 2.05) is 0 Å². The van der Waals surface area contributed by atoms with Gasteiger partial charge < -0.3 is 0 Å². The van der Waals surface area contributed by atoms with Gasteiger partial charge in [-0.15, -0.1) is 0 Å². The lowest BCUT2D eigenvalue weighted by Crippen LogP contribution is -2.33. The van der Waals surface area contributed by atoms with E-state index in [1.54, 1.807) is 0 Å². The molecule has 2 aromatic heterocycles. The molecule has 0 radical (unpaired) electrons. The van der Waals surface area contributed by atoms with E-state index in [2.05, 4.69) is 134 Å². The summed E-state index contributed by atoms with van der Waals surface area (Å²) < 4.78 is 9.20. The summed E-state index contributed by atoms with van der Waals surface area (Å²) in [4.78, 5) is 0. The van der Waals surface area contributed by atoms with Crippen LogP contribution in [0, 0.1) is 0 Å². The van der Waals surface area contributed by atoms with Gasteiger partial charge in [0.2, 0.25) is 12.7 Å². The van der Waals surface area contributed by atoms with Crippen LogP contribution in [0.1, 0.15) is 74.9 Å². The highest BCUT2D eigenvalue weighted by Crippen LogP contribution is 2.26. The Morgan fingerprint density at radius 3 is 1.35 bits per heavy atom. The number of benzene rings is 2. The van der Waals surface area contributed by atoms with E-state index in [1.165, 1.54) is 33.4 Å². The zero-order chi connectivity index (χ0) is 24.1. The molecule has 0 spiro atoms. The first-order valence-corrected chi connectivity index (χ1v) is 12.4. The molecule has 176 valence electrons. The highest BCUT2D eigenvalue weighted by Gasteiger charge is 2.20. The topological polar surface area (TPSA) is 17.6 Å². The number of aromatic nitrogens is 4. The Kier molecular flexibility index (Phi) is 5.50. The van der Waals surface area contributed by atoms with Crippen molar-refractivity contribution in [1.82, 2.24) is 9.13 Å². The van der Waals surface area contributed by atoms with E-state index in [4.69, 9.17) is 0 Å². The van der Waals surface area contributed by atoms with E-state index >= 15 is 0 Å². The van der Waals surface area contributed by atoms with Crippen molar-refractivity contribution in [2.75, 3.05) is 0 Å². The number of rotatable bonds is 0. The lowest BCUT2D eigenvalue weighted by molar-refractivity contribution is -0.688. The third kappa shape index (κ3) is 5.01. The molecular formula is C30H38N4+2. The minimum absolute atomic E-state index is 0.117. The van der Waals surface area contributed by atoms with Crippen LogP contribution in [0.15, 0.2) is 73.8 Å². The standard InChI is InChI=1S/C30H38N4/c1-29(2,3)27-13-23-11-24(14-27)18-32-8-10-34(22-32)20-26-12-25(15-28(16-26)30(4,5)6)19-33-9-7-31(17-23)21-33/h7-16,21-22H,17-20H2,1-6H3/q+2. The van der Waals surface area contributed by atoms with Crippen molar-refractivity contribution in [3.63, 3.8) is 0 Å². The molecule has 8 bridgehead atoms. The lowest BCUT2D eigenvalue weighted by atomic mass is 9.85. The minimum atomic E-state index is 0.117. The van der Waals surface area contributed by atoms with Crippen LogP contribution < -0.4 is 9.13 Å². The molecular weight excluding hydrogens is 416 g/mol. The molecule has 4 aromatic rings. The van der Waals surface area contributed by atoms with Crippen molar-refractivity contribution >= 4 is 0 Å². The van der Waals surface area contributed by atoms with Gasteiger partial charge in [-0.3, -0.25) is 0 Å². The summed E-state index contributed by atoms with van der Waals surface area (Å²) in [5, 5.41) is 0. The van der Waals surface area contributed by atoms with Crippen molar-refractivity contribution in [3.8, 4) is 0 Å². The fraction of sp³-hybridized carbons (Fsp3) is 0.400. The van der Waals surface area contributed by atoms with Crippen LogP contribution in [0.5, 0.6) is 0 Å². The van der Waals surface area contributed by atoms with Gasteiger partial charge in [-0.05, 0) is 56.3 Å². The third-order valence-electron chi connectivity index (χ3n) is 6.79. The first kappa shape index (κ1) is 22.6. The van der Waals surface area contributed by atoms with Gasteiger partial charge in [0.25, 0.3) is 0 Å². The number of hydrogen-bond donors (Lipinski definition) is 0. The first-order chi connectivity index (χ1) is 16.0. The number of nitrogens with zero attached hydrogens (tertiary/aromatic N) is 4. The molecule has 4 heteroatoms. The van der Waals surface area contributed by atoms with Crippen molar-refractivity contribution in [2.24, 2.45) is 0 Å². The number of imidazole rings is 2. The Labute approximate surface area is 204 Å². The molecule has 0 atom stereocenters. The molecule has 34 heavy (non-hydrogen) atoms. The molecule has 0 unspecified atom stereocenters. The zero-order valence-electron chi connectivity index (χ0n) is 21.5. The molecule has 1 aliphatic heterocycles. The molecule has 0 aliphatic carbocycles. The molecule has 1 aliphatic rings. The number of hydrogen-bond acceptors (Lipinski definition) is 0. The summed E-state index contributed by atoms with van der Waals surface area (Å²) in [6.45, 7) is 17.3. The maximum atomic E-state index is 2.38. The second-order valence-corrected chi connectivity index (χ2v) is 12.1. The van der Waals surface area contributed by atoms with Crippen LogP contribution >= 0.6 is 0 Å². The van der Waals surface area contributed by atoms with Crippen molar-refractivity contribution in [1.29, 1.82) is 0 Å². The number of fused-ring (bicyclic) bond motifs is 8. The van der Waals surface area contributed by atoms with Gasteiger partial charge in [-0.1, -0.05) is 65.8 Å². The van der Waals surface area contributed by atoms with Gasteiger partial charge in [0, 0.05) is 0 Å². The normalized spacial score (nSPS) is 14.3. The monoisotopic (exact) mass is 454 g/mol. The maximum Gasteiger partial charge on any atom is 0.244 e. The van der Waals surface area contributed by atoms with Crippen molar-refractivity contribution in [3.05, 3.63) is 107 Å². The van der Waals surface area contributed by atoms with Gasteiger partial charge in [-0.25, -0.2) is 18.3 Å². The van der Waals surface area contributed by atoms with Crippen LogP contribution in [0.3, 0.4) is 0 Å². The van der Waals surface area contributed by atoms with Gasteiger partial charge in [0.05, 0.1) is 0 Å². The molecule has 0 fully saturated rings. The van der Waals surface area contributed by atoms with Crippen LogP contribution in [-0.4, -0.2) is 9.13 Å². The molecule has 5 rings (SSSR count). The fourth-order valence-electron chi connectivity index (χ4n) is 4.85. The van der Waals surface area contributed by atoms with Gasteiger partial charge in [0.1, 0.15) is 51.0 Å². The summed E-state index contributed by atoms with van der Waals surface area (Å²) >= 11 is 0. The third-order valence-corrected chi connectivity index (χ3v) is 6.79. The predicted octanol–water partition coefficient (Wildman–Crippen LogP) is 4.97. The molecule has 0 saturated heterocycles. The Morgan fingerprint density at radius 1 is 0.559 bits per heavy atom. The summed E-state index contributed by atoms with van der Waals surface area (Å²) in [6.07, 6.45) is 13.3. The average molecular weight is 455 g/mol. The highest BCUT2D eigenvalue weighted by atomic mass is 15.1. The quantitative estimate of drug-likeness (QED) is 0.294. The Morgan fingerprint density at radius 2 is 0.941 bits per heavy atom. The Balaban J connectivity index is 1.61. The molecule has 3 heterocycles. The molecule has 0 amide bonds. The van der Waals surface area contributed by atoms with Crippen molar-refractivity contribution < 1.29 is 9.13 Å². The maximum absolute atomic E-state index is 2.38. The lowest BCUT2D eigenvalue weighted by Gasteiger charge is -2.21. The fourth-order valence-corrected chi connectivity index (χ4v) is 4.85. The van der Waals surface area contributed by atoms with Crippen LogP contribution in [-0.2, 0) is 37.0 Å². The zero-order valence-corrected chi connectivity index (χ0v) is 21.5. The van der Waals surface area contributed by atoms with Crippen LogP contribution in [0.25, 0.3) is 0 Å². The minimum Gasteiger partial charge on any atom is -0.233 e. The van der Waals surface area contributed by atoms with Crippen LogP contribution in [0.4, 0.5) is 0 Å². The summed E-state index contributed by atoms with van der Waals surface area (Å²) in [6, 6.07) is 14.3. The summed E-state index contributed by atoms with van der Waals surface area (Å²) in [5.41, 5.74) is 8.45. The molecule has 4 nitrogen and oxygen atoms in total. The molecule has 2 aromatic carbocycles. The molecule has 0 saturated carbocycles. The smallest absolute Gasteiger partial charge is 0.233 e. The van der Waals surface area contributed by atoms with Gasteiger partial charge >= 0.3 is 0 Å². The average Bonchev–Trinajstić information content (AvgIpc) is 3.35. The SMILES string of the molecule is CC(C)(C)c1cc2cc(c1)Cn1cc[n+](c1)Cc1cc(cc(C(C)(C)C)c1)C[n+]1ccn(c1)C2. The van der Waals surface area contributed by atoms with E-state index in [0.717, 1.165) is 26.2 Å². The van der Waals surface area contributed by atoms with Gasteiger partial charge in [0.15, 0.2) is 0 Å². The highest BCUT2D eigenvalue weighted by molar-refractivity contribution is 5.35.